The molecule has 13 heavy (non-hydrogen) atoms. The van der Waals surface area contributed by atoms with Crippen LogP contribution in [0.2, 0.25) is 0 Å². The van der Waals surface area contributed by atoms with Gasteiger partial charge >= 0.3 is 0 Å². The van der Waals surface area contributed by atoms with Crippen LogP contribution in [-0.2, 0) is 0 Å². The van der Waals surface area contributed by atoms with Crippen LogP contribution < -0.4 is 0 Å². The van der Waals surface area contributed by atoms with E-state index in [9.17, 15) is 10.2 Å². The maximum absolute atomic E-state index is 9.51. The summed E-state index contributed by atoms with van der Waals surface area (Å²) < 4.78 is 0. The van der Waals surface area contributed by atoms with Crippen molar-refractivity contribution in [3.63, 3.8) is 0 Å². The molecule has 0 amide bonds. The first kappa shape index (κ1) is 12.9. The topological polar surface area (TPSA) is 40.5 Å². The van der Waals surface area contributed by atoms with Gasteiger partial charge in [0.25, 0.3) is 0 Å². The Morgan fingerprint density at radius 1 is 0.846 bits per heavy atom. The van der Waals surface area contributed by atoms with Gasteiger partial charge in [-0.3, -0.25) is 0 Å². The summed E-state index contributed by atoms with van der Waals surface area (Å²) in [6, 6.07) is 0. The van der Waals surface area contributed by atoms with E-state index in [2.05, 4.69) is 6.92 Å². The van der Waals surface area contributed by atoms with E-state index in [1.54, 1.807) is 0 Å². The number of rotatable bonds is 8. The largest absolute Gasteiger partial charge is 0.393 e. The van der Waals surface area contributed by atoms with E-state index in [1.165, 1.54) is 12.8 Å². The van der Waals surface area contributed by atoms with Crippen LogP contribution in [0.5, 0.6) is 0 Å². The fraction of sp³-hybridized carbons (Fsp3) is 1.00. The van der Waals surface area contributed by atoms with Gasteiger partial charge in [-0.1, -0.05) is 39.5 Å². The van der Waals surface area contributed by atoms with Crippen LogP contribution in [0.4, 0.5) is 0 Å². The van der Waals surface area contributed by atoms with Gasteiger partial charge in [-0.25, -0.2) is 0 Å². The van der Waals surface area contributed by atoms with Crippen molar-refractivity contribution in [2.45, 2.75) is 71.0 Å². The lowest BCUT2D eigenvalue weighted by Crippen LogP contribution is -2.17. The second-order valence-corrected chi connectivity index (χ2v) is 3.83. The molecule has 0 fully saturated rings. The summed E-state index contributed by atoms with van der Waals surface area (Å²) in [6.07, 6.45) is 6.04. The van der Waals surface area contributed by atoms with Crippen LogP contribution in [0, 0.1) is 0 Å². The van der Waals surface area contributed by atoms with E-state index in [4.69, 9.17) is 0 Å². The van der Waals surface area contributed by atoms with Crippen LogP contribution >= 0.6 is 0 Å². The maximum atomic E-state index is 9.51. The lowest BCUT2D eigenvalue weighted by atomic mass is 10.0. The Hall–Kier alpha value is -0.0800. The molecular formula is C11H24O2. The minimum atomic E-state index is -0.304. The summed E-state index contributed by atoms with van der Waals surface area (Å²) in [6.45, 7) is 4.20. The van der Waals surface area contributed by atoms with E-state index in [0.29, 0.717) is 6.42 Å². The molecule has 0 bridgehead atoms. The molecule has 0 aromatic rings. The van der Waals surface area contributed by atoms with Crippen LogP contribution in [0.1, 0.15) is 58.8 Å². The smallest absolute Gasteiger partial charge is 0.0564 e. The van der Waals surface area contributed by atoms with Crippen molar-refractivity contribution in [3.05, 3.63) is 0 Å². The van der Waals surface area contributed by atoms with Gasteiger partial charge in [0, 0.05) is 0 Å². The second-order valence-electron chi connectivity index (χ2n) is 3.83. The molecule has 0 saturated heterocycles. The van der Waals surface area contributed by atoms with Gasteiger partial charge in [-0.2, -0.15) is 0 Å². The lowest BCUT2D eigenvalue weighted by Gasteiger charge is -2.14. The predicted octanol–water partition coefficient (Wildman–Crippen LogP) is 2.48. The average Bonchev–Trinajstić information content (AvgIpc) is 2.05. The zero-order valence-electron chi connectivity index (χ0n) is 9.00. The molecule has 0 spiro atoms. The molecule has 0 heterocycles. The Morgan fingerprint density at radius 3 is 2.00 bits per heavy atom. The standard InChI is InChI=1S/C11H24O2/c1-3-5-6-8-11(13)9-10(12)7-4-2/h10-13H,3-9H2,1-2H3/t10-,11-/m0/s1. The molecular weight excluding hydrogens is 164 g/mol. The third-order valence-corrected chi connectivity index (χ3v) is 2.31. The maximum Gasteiger partial charge on any atom is 0.0564 e. The highest BCUT2D eigenvalue weighted by molar-refractivity contribution is 4.63. The number of unbranched alkanes of at least 4 members (excludes halogenated alkanes) is 2. The summed E-state index contributed by atoms with van der Waals surface area (Å²) in [5, 5.41) is 18.9. The Morgan fingerprint density at radius 2 is 1.46 bits per heavy atom. The molecule has 2 N–H and O–H groups in total. The Kier molecular flexibility index (Phi) is 8.46. The average molecular weight is 188 g/mol. The Balaban J connectivity index is 3.32. The van der Waals surface area contributed by atoms with Gasteiger partial charge in [-0.05, 0) is 19.3 Å². The molecule has 0 radical (unpaired) electrons. The summed E-state index contributed by atoms with van der Waals surface area (Å²) in [4.78, 5) is 0. The highest BCUT2D eigenvalue weighted by Crippen LogP contribution is 2.11. The SMILES string of the molecule is CCCCC[C@H](O)C[C@@H](O)CCC. The van der Waals surface area contributed by atoms with Crippen LogP contribution in [0.25, 0.3) is 0 Å². The van der Waals surface area contributed by atoms with Crippen molar-refractivity contribution in [1.82, 2.24) is 0 Å². The Bertz CT molecular complexity index is 104. The molecule has 2 heteroatoms. The van der Waals surface area contributed by atoms with Crippen LogP contribution in [0.15, 0.2) is 0 Å². The van der Waals surface area contributed by atoms with Gasteiger partial charge in [0.15, 0.2) is 0 Å². The Labute approximate surface area is 82.0 Å². The van der Waals surface area contributed by atoms with E-state index in [0.717, 1.165) is 25.7 Å². The normalized spacial score (nSPS) is 15.7. The van der Waals surface area contributed by atoms with E-state index in [1.807, 2.05) is 6.92 Å². The molecule has 0 rings (SSSR count). The van der Waals surface area contributed by atoms with Gasteiger partial charge in [-0.15, -0.1) is 0 Å². The first-order valence-electron chi connectivity index (χ1n) is 5.56. The molecule has 0 aliphatic rings. The van der Waals surface area contributed by atoms with Gasteiger partial charge in [0.2, 0.25) is 0 Å². The highest BCUT2D eigenvalue weighted by Gasteiger charge is 2.10. The summed E-state index contributed by atoms with van der Waals surface area (Å²) in [5.74, 6) is 0. The number of aliphatic hydroxyl groups is 2. The highest BCUT2D eigenvalue weighted by atomic mass is 16.3. The minimum Gasteiger partial charge on any atom is -0.393 e. The van der Waals surface area contributed by atoms with E-state index >= 15 is 0 Å². The molecule has 0 aromatic heterocycles. The fourth-order valence-electron chi connectivity index (χ4n) is 1.51. The van der Waals surface area contributed by atoms with E-state index in [-0.39, 0.29) is 12.2 Å². The van der Waals surface area contributed by atoms with Crippen molar-refractivity contribution in [2.24, 2.45) is 0 Å². The second kappa shape index (κ2) is 8.52. The van der Waals surface area contributed by atoms with Crippen molar-refractivity contribution in [2.75, 3.05) is 0 Å². The van der Waals surface area contributed by atoms with E-state index < -0.39 is 0 Å². The monoisotopic (exact) mass is 188 g/mol. The van der Waals surface area contributed by atoms with Gasteiger partial charge in [0.05, 0.1) is 12.2 Å². The zero-order chi connectivity index (χ0) is 10.1. The molecule has 2 nitrogen and oxygen atoms in total. The molecule has 0 unspecified atom stereocenters. The van der Waals surface area contributed by atoms with Crippen molar-refractivity contribution < 1.29 is 10.2 Å². The molecule has 0 aliphatic carbocycles. The van der Waals surface area contributed by atoms with Gasteiger partial charge in [0.1, 0.15) is 0 Å². The number of aliphatic hydroxyl groups excluding tert-OH is 2. The third-order valence-electron chi connectivity index (χ3n) is 2.31. The van der Waals surface area contributed by atoms with Crippen LogP contribution in [0.3, 0.4) is 0 Å². The molecule has 0 aliphatic heterocycles. The predicted molar refractivity (Wildman–Crippen MR) is 55.7 cm³/mol. The van der Waals surface area contributed by atoms with Crippen molar-refractivity contribution >= 4 is 0 Å². The first-order valence-corrected chi connectivity index (χ1v) is 5.56. The van der Waals surface area contributed by atoms with Crippen molar-refractivity contribution in [3.8, 4) is 0 Å². The number of hydrogen-bond acceptors (Lipinski definition) is 2. The van der Waals surface area contributed by atoms with Crippen molar-refractivity contribution in [1.29, 1.82) is 0 Å². The minimum absolute atomic E-state index is 0.298. The molecule has 80 valence electrons. The summed E-state index contributed by atoms with van der Waals surface area (Å²) in [7, 11) is 0. The molecule has 2 atom stereocenters. The van der Waals surface area contributed by atoms with Gasteiger partial charge < -0.3 is 10.2 Å². The van der Waals surface area contributed by atoms with Crippen LogP contribution in [-0.4, -0.2) is 22.4 Å². The first-order chi connectivity index (χ1) is 6.20. The molecule has 0 saturated carbocycles. The summed E-state index contributed by atoms with van der Waals surface area (Å²) in [5.41, 5.74) is 0. The summed E-state index contributed by atoms with van der Waals surface area (Å²) >= 11 is 0. The lowest BCUT2D eigenvalue weighted by molar-refractivity contribution is 0.0693. The zero-order valence-corrected chi connectivity index (χ0v) is 9.00. The number of hydrogen-bond donors (Lipinski definition) is 2. The third kappa shape index (κ3) is 8.26. The fourth-order valence-corrected chi connectivity index (χ4v) is 1.51. The quantitative estimate of drug-likeness (QED) is 0.574. The molecule has 0 aromatic carbocycles.